The Bertz CT molecular complexity index is 255. The Hall–Kier alpha value is -0.0600. The summed E-state index contributed by atoms with van der Waals surface area (Å²) >= 11 is 0. The van der Waals surface area contributed by atoms with Crippen LogP contribution in [0.25, 0.3) is 0 Å². The van der Waals surface area contributed by atoms with Crippen LogP contribution >= 0.6 is 10.7 Å². The summed E-state index contributed by atoms with van der Waals surface area (Å²) in [6, 6.07) is 0.430. The van der Waals surface area contributed by atoms with Gasteiger partial charge in [0.15, 0.2) is 0 Å². The van der Waals surface area contributed by atoms with Gasteiger partial charge in [-0.2, -0.15) is 0 Å². The molecule has 1 aliphatic rings. The molecule has 0 saturated carbocycles. The lowest BCUT2D eigenvalue weighted by atomic mass is 10.2. The fourth-order valence-corrected chi connectivity index (χ4v) is 1.85. The van der Waals surface area contributed by atoms with Gasteiger partial charge in [0, 0.05) is 22.1 Å². The van der Waals surface area contributed by atoms with E-state index in [2.05, 4.69) is 5.32 Å². The van der Waals surface area contributed by atoms with Gasteiger partial charge >= 0.3 is 0 Å². The van der Waals surface area contributed by atoms with Gasteiger partial charge in [-0.3, -0.25) is 0 Å². The molecule has 1 heterocycles. The fourth-order valence-electron chi connectivity index (χ4n) is 1.29. The van der Waals surface area contributed by atoms with E-state index < -0.39 is 9.05 Å². The molecule has 0 bridgehead atoms. The van der Waals surface area contributed by atoms with E-state index in [1.54, 1.807) is 6.08 Å². The van der Waals surface area contributed by atoms with Crippen molar-refractivity contribution in [1.29, 1.82) is 0 Å². The van der Waals surface area contributed by atoms with Gasteiger partial charge in [0.05, 0.1) is 0 Å². The van der Waals surface area contributed by atoms with Crippen molar-refractivity contribution in [2.45, 2.75) is 25.3 Å². The molecule has 0 amide bonds. The molecule has 1 unspecified atom stereocenters. The first kappa shape index (κ1) is 10.0. The molecule has 1 aliphatic heterocycles. The van der Waals surface area contributed by atoms with Crippen LogP contribution in [0.4, 0.5) is 0 Å². The molecule has 0 radical (unpaired) electrons. The van der Waals surface area contributed by atoms with Gasteiger partial charge in [0.1, 0.15) is 0 Å². The van der Waals surface area contributed by atoms with Gasteiger partial charge in [-0.05, 0) is 25.8 Å². The van der Waals surface area contributed by atoms with Crippen molar-refractivity contribution in [3.63, 3.8) is 0 Å². The minimum Gasteiger partial charge on any atom is -0.314 e. The average Bonchev–Trinajstić information content (AvgIpc) is 2.36. The highest BCUT2D eigenvalue weighted by Crippen LogP contribution is 2.10. The zero-order valence-corrected chi connectivity index (χ0v) is 8.24. The lowest BCUT2D eigenvalue weighted by Gasteiger charge is -2.04. The van der Waals surface area contributed by atoms with E-state index in [-0.39, 0.29) is 0 Å². The standard InChI is InChI=1S/C7H12ClNO2S/c8-12(10,11)6-2-4-7-3-1-5-9-7/h2,6-7,9H,1,3-5H2/b6-2-. The molecule has 0 aromatic heterocycles. The van der Waals surface area contributed by atoms with Gasteiger partial charge in [-0.1, -0.05) is 6.08 Å². The molecule has 3 nitrogen and oxygen atoms in total. The van der Waals surface area contributed by atoms with Crippen LogP contribution in [-0.2, 0) is 9.05 Å². The van der Waals surface area contributed by atoms with Gasteiger partial charge in [-0.15, -0.1) is 0 Å². The molecule has 1 N–H and O–H groups in total. The van der Waals surface area contributed by atoms with Crippen molar-refractivity contribution < 1.29 is 8.42 Å². The zero-order valence-electron chi connectivity index (χ0n) is 6.66. The summed E-state index contributed by atoms with van der Waals surface area (Å²) in [7, 11) is 1.53. The normalized spacial score (nSPS) is 25.2. The molecule has 1 saturated heterocycles. The molecule has 0 aliphatic carbocycles. The summed E-state index contributed by atoms with van der Waals surface area (Å²) in [5, 5.41) is 4.30. The average molecular weight is 210 g/mol. The Morgan fingerprint density at radius 3 is 2.83 bits per heavy atom. The molecule has 0 aromatic carbocycles. The number of rotatable bonds is 3. The maximum absolute atomic E-state index is 10.5. The quantitative estimate of drug-likeness (QED) is 0.711. The highest BCUT2D eigenvalue weighted by Gasteiger charge is 2.11. The van der Waals surface area contributed by atoms with E-state index in [1.807, 2.05) is 0 Å². The van der Waals surface area contributed by atoms with Crippen LogP contribution in [0.15, 0.2) is 11.5 Å². The van der Waals surface area contributed by atoms with E-state index >= 15 is 0 Å². The molecule has 12 heavy (non-hydrogen) atoms. The summed E-state index contributed by atoms with van der Waals surface area (Å²) in [5.74, 6) is 0. The van der Waals surface area contributed by atoms with Gasteiger partial charge in [-0.25, -0.2) is 8.42 Å². The van der Waals surface area contributed by atoms with Crippen molar-refractivity contribution in [2.24, 2.45) is 0 Å². The molecule has 1 atom stereocenters. The smallest absolute Gasteiger partial charge is 0.254 e. The van der Waals surface area contributed by atoms with Gasteiger partial charge in [0.25, 0.3) is 9.05 Å². The third-order valence-corrected chi connectivity index (χ3v) is 2.67. The van der Waals surface area contributed by atoms with E-state index in [0.29, 0.717) is 6.04 Å². The highest BCUT2D eigenvalue weighted by atomic mass is 35.7. The van der Waals surface area contributed by atoms with Gasteiger partial charge < -0.3 is 5.32 Å². The predicted octanol–water partition coefficient (Wildman–Crippen LogP) is 1.21. The van der Waals surface area contributed by atoms with Crippen LogP contribution in [0.2, 0.25) is 0 Å². The maximum atomic E-state index is 10.5. The Labute approximate surface area is 77.2 Å². The summed E-state index contributed by atoms with van der Waals surface area (Å²) in [6.07, 6.45) is 4.63. The molecule has 1 fully saturated rings. The summed E-state index contributed by atoms with van der Waals surface area (Å²) < 4.78 is 20.9. The lowest BCUT2D eigenvalue weighted by Crippen LogP contribution is -2.19. The first-order chi connectivity index (χ1) is 5.58. The molecule has 5 heteroatoms. The number of hydrogen-bond acceptors (Lipinski definition) is 3. The Morgan fingerprint density at radius 1 is 1.58 bits per heavy atom. The molecule has 1 rings (SSSR count). The Balaban J connectivity index is 2.29. The summed E-state index contributed by atoms with van der Waals surface area (Å²) in [5.41, 5.74) is 0. The van der Waals surface area contributed by atoms with Crippen LogP contribution in [0.5, 0.6) is 0 Å². The molecule has 0 spiro atoms. The third kappa shape index (κ3) is 4.09. The Kier molecular flexibility index (Phi) is 3.55. The zero-order chi connectivity index (χ0) is 9.03. The Morgan fingerprint density at radius 2 is 2.33 bits per heavy atom. The van der Waals surface area contributed by atoms with Crippen LogP contribution in [0, 0.1) is 0 Å². The first-order valence-corrected chi connectivity index (χ1v) is 6.30. The van der Waals surface area contributed by atoms with Crippen molar-refractivity contribution in [3.05, 3.63) is 11.5 Å². The van der Waals surface area contributed by atoms with E-state index in [1.165, 1.54) is 6.42 Å². The second-order valence-electron chi connectivity index (χ2n) is 2.88. The number of nitrogens with one attached hydrogen (secondary N) is 1. The monoisotopic (exact) mass is 209 g/mol. The highest BCUT2D eigenvalue weighted by molar-refractivity contribution is 8.16. The van der Waals surface area contributed by atoms with Crippen molar-refractivity contribution in [3.8, 4) is 0 Å². The minimum atomic E-state index is -3.45. The first-order valence-electron chi connectivity index (χ1n) is 3.92. The molecule has 0 aromatic rings. The minimum absolute atomic E-state index is 0.430. The van der Waals surface area contributed by atoms with Crippen molar-refractivity contribution in [2.75, 3.05) is 6.54 Å². The molecular weight excluding hydrogens is 198 g/mol. The second kappa shape index (κ2) is 4.25. The van der Waals surface area contributed by atoms with E-state index in [4.69, 9.17) is 10.7 Å². The van der Waals surface area contributed by atoms with Crippen LogP contribution in [-0.4, -0.2) is 21.0 Å². The van der Waals surface area contributed by atoms with Crippen LogP contribution < -0.4 is 5.32 Å². The number of halogens is 1. The van der Waals surface area contributed by atoms with Crippen LogP contribution in [0.1, 0.15) is 19.3 Å². The topological polar surface area (TPSA) is 46.2 Å². The predicted molar refractivity (Wildman–Crippen MR) is 49.6 cm³/mol. The third-order valence-electron chi connectivity index (χ3n) is 1.84. The fraction of sp³-hybridized carbons (Fsp3) is 0.714. The SMILES string of the molecule is O=S(=O)(Cl)/C=C\CC1CCCN1. The largest absolute Gasteiger partial charge is 0.314 e. The van der Waals surface area contributed by atoms with Crippen LogP contribution in [0.3, 0.4) is 0 Å². The number of hydrogen-bond donors (Lipinski definition) is 1. The summed E-state index contributed by atoms with van der Waals surface area (Å²) in [6.45, 7) is 1.03. The molecular formula is C7H12ClNO2S. The van der Waals surface area contributed by atoms with Crippen molar-refractivity contribution in [1.82, 2.24) is 5.32 Å². The lowest BCUT2D eigenvalue weighted by molar-refractivity contribution is 0.610. The van der Waals surface area contributed by atoms with Crippen molar-refractivity contribution >= 4 is 19.7 Å². The van der Waals surface area contributed by atoms with E-state index in [9.17, 15) is 8.42 Å². The molecule has 70 valence electrons. The van der Waals surface area contributed by atoms with E-state index in [0.717, 1.165) is 24.8 Å². The van der Waals surface area contributed by atoms with Gasteiger partial charge in [0.2, 0.25) is 0 Å². The maximum Gasteiger partial charge on any atom is 0.254 e. The summed E-state index contributed by atoms with van der Waals surface area (Å²) in [4.78, 5) is 0. The second-order valence-corrected chi connectivity index (χ2v) is 5.39.